The van der Waals surface area contributed by atoms with Crippen molar-refractivity contribution in [3.05, 3.63) is 28.7 Å². The maximum absolute atomic E-state index is 5.58. The molecular formula is C12H16BrNO2. The minimum atomic E-state index is -0.449. The van der Waals surface area contributed by atoms with Gasteiger partial charge in [0.25, 0.3) is 0 Å². The number of rotatable bonds is 2. The van der Waals surface area contributed by atoms with Crippen LogP contribution in [0.5, 0.6) is 0 Å². The fourth-order valence-electron chi connectivity index (χ4n) is 1.59. The van der Waals surface area contributed by atoms with Crippen LogP contribution in [-0.2, 0) is 9.47 Å². The molecule has 0 saturated carbocycles. The van der Waals surface area contributed by atoms with Crippen LogP contribution in [0.2, 0.25) is 0 Å². The van der Waals surface area contributed by atoms with E-state index in [4.69, 9.17) is 9.47 Å². The van der Waals surface area contributed by atoms with Crippen LogP contribution in [0.1, 0.15) is 13.8 Å². The van der Waals surface area contributed by atoms with E-state index in [0.29, 0.717) is 13.2 Å². The molecule has 1 fully saturated rings. The van der Waals surface area contributed by atoms with Gasteiger partial charge in [0.2, 0.25) is 0 Å². The molecule has 1 aliphatic heterocycles. The third-order valence-corrected chi connectivity index (χ3v) is 2.95. The summed E-state index contributed by atoms with van der Waals surface area (Å²) >= 11 is 3.44. The quantitative estimate of drug-likeness (QED) is 0.906. The van der Waals surface area contributed by atoms with Gasteiger partial charge >= 0.3 is 0 Å². The average Bonchev–Trinajstić information content (AvgIpc) is 2.21. The average molecular weight is 286 g/mol. The van der Waals surface area contributed by atoms with Crippen molar-refractivity contribution in [1.29, 1.82) is 0 Å². The van der Waals surface area contributed by atoms with E-state index in [1.807, 2.05) is 38.1 Å². The number of ether oxygens (including phenoxy) is 2. The molecule has 1 N–H and O–H groups in total. The highest BCUT2D eigenvalue weighted by Gasteiger charge is 2.27. The molecule has 4 heteroatoms. The van der Waals surface area contributed by atoms with Gasteiger partial charge in [0.15, 0.2) is 5.79 Å². The van der Waals surface area contributed by atoms with E-state index in [9.17, 15) is 0 Å². The molecule has 0 aliphatic carbocycles. The summed E-state index contributed by atoms with van der Waals surface area (Å²) in [5, 5.41) is 3.38. The Morgan fingerprint density at radius 3 is 2.62 bits per heavy atom. The molecule has 0 atom stereocenters. The van der Waals surface area contributed by atoms with E-state index in [2.05, 4.69) is 21.2 Å². The highest BCUT2D eigenvalue weighted by atomic mass is 79.9. The molecule has 1 aromatic rings. The molecule has 16 heavy (non-hydrogen) atoms. The van der Waals surface area contributed by atoms with E-state index in [1.54, 1.807) is 0 Å². The molecule has 1 heterocycles. The van der Waals surface area contributed by atoms with Gasteiger partial charge in [-0.05, 0) is 32.0 Å². The summed E-state index contributed by atoms with van der Waals surface area (Å²) in [5.41, 5.74) is 1.08. The van der Waals surface area contributed by atoms with E-state index < -0.39 is 5.79 Å². The second kappa shape index (κ2) is 4.73. The molecule has 0 amide bonds. The maximum atomic E-state index is 5.58. The Kier molecular flexibility index (Phi) is 3.52. The summed E-state index contributed by atoms with van der Waals surface area (Å²) in [6.45, 7) is 5.20. The summed E-state index contributed by atoms with van der Waals surface area (Å²) in [6.07, 6.45) is 0. The first-order valence-electron chi connectivity index (χ1n) is 5.35. The van der Waals surface area contributed by atoms with Crippen LogP contribution < -0.4 is 5.32 Å². The Morgan fingerprint density at radius 2 is 2.00 bits per heavy atom. The third kappa shape index (κ3) is 3.20. The zero-order valence-corrected chi connectivity index (χ0v) is 11.1. The fourth-order valence-corrected chi connectivity index (χ4v) is 1.99. The van der Waals surface area contributed by atoms with Crippen LogP contribution in [-0.4, -0.2) is 25.0 Å². The second-order valence-electron chi connectivity index (χ2n) is 4.37. The van der Waals surface area contributed by atoms with Crippen LogP contribution in [0, 0.1) is 0 Å². The van der Waals surface area contributed by atoms with Crippen LogP contribution in [0.4, 0.5) is 5.69 Å². The molecule has 88 valence electrons. The highest BCUT2D eigenvalue weighted by molar-refractivity contribution is 9.10. The van der Waals surface area contributed by atoms with Crippen molar-refractivity contribution in [2.75, 3.05) is 18.5 Å². The van der Waals surface area contributed by atoms with Gasteiger partial charge in [-0.3, -0.25) is 0 Å². The van der Waals surface area contributed by atoms with Crippen molar-refractivity contribution in [2.24, 2.45) is 0 Å². The van der Waals surface area contributed by atoms with E-state index in [0.717, 1.165) is 10.2 Å². The number of anilines is 1. The van der Waals surface area contributed by atoms with Gasteiger partial charge in [-0.1, -0.05) is 22.0 Å². The molecule has 0 bridgehead atoms. The first-order valence-corrected chi connectivity index (χ1v) is 6.14. The van der Waals surface area contributed by atoms with E-state index >= 15 is 0 Å². The van der Waals surface area contributed by atoms with Crippen molar-refractivity contribution >= 4 is 21.6 Å². The zero-order chi connectivity index (χ0) is 11.6. The Hall–Kier alpha value is -0.580. The van der Waals surface area contributed by atoms with Crippen molar-refractivity contribution in [1.82, 2.24) is 0 Å². The van der Waals surface area contributed by atoms with Gasteiger partial charge < -0.3 is 14.8 Å². The summed E-state index contributed by atoms with van der Waals surface area (Å²) in [5.74, 6) is -0.449. The molecule has 3 nitrogen and oxygen atoms in total. The summed E-state index contributed by atoms with van der Waals surface area (Å²) in [7, 11) is 0. The van der Waals surface area contributed by atoms with Crippen LogP contribution in [0.15, 0.2) is 28.7 Å². The Labute approximate surface area is 104 Å². The lowest BCUT2D eigenvalue weighted by atomic mass is 10.2. The Morgan fingerprint density at radius 1 is 1.31 bits per heavy atom. The normalized spacial score (nSPS) is 20.7. The van der Waals surface area contributed by atoms with Crippen molar-refractivity contribution in [3.8, 4) is 0 Å². The highest BCUT2D eigenvalue weighted by Crippen LogP contribution is 2.21. The van der Waals surface area contributed by atoms with Crippen molar-refractivity contribution in [3.63, 3.8) is 0 Å². The van der Waals surface area contributed by atoms with Gasteiger partial charge in [-0.15, -0.1) is 0 Å². The molecule has 1 saturated heterocycles. The second-order valence-corrected chi connectivity index (χ2v) is 5.29. The molecule has 1 aromatic carbocycles. The molecule has 0 unspecified atom stereocenters. The van der Waals surface area contributed by atoms with Gasteiger partial charge in [-0.25, -0.2) is 0 Å². The third-order valence-electron chi connectivity index (χ3n) is 2.46. The first-order chi connectivity index (χ1) is 7.55. The SMILES string of the molecule is CC1(C)OCC(Nc2cccc(Br)c2)CO1. The number of hydrogen-bond donors (Lipinski definition) is 1. The minimum absolute atomic E-state index is 0.210. The van der Waals surface area contributed by atoms with E-state index in [1.165, 1.54) is 0 Å². The van der Waals surface area contributed by atoms with E-state index in [-0.39, 0.29) is 6.04 Å². The summed E-state index contributed by atoms with van der Waals surface area (Å²) in [6, 6.07) is 8.29. The van der Waals surface area contributed by atoms with Gasteiger partial charge in [0.1, 0.15) is 0 Å². The van der Waals surface area contributed by atoms with Crippen LogP contribution in [0.3, 0.4) is 0 Å². The lowest BCUT2D eigenvalue weighted by Crippen LogP contribution is -2.45. The summed E-state index contributed by atoms with van der Waals surface area (Å²) < 4.78 is 12.2. The number of halogens is 1. The van der Waals surface area contributed by atoms with Gasteiger partial charge in [0.05, 0.1) is 19.3 Å². The monoisotopic (exact) mass is 285 g/mol. The van der Waals surface area contributed by atoms with Gasteiger partial charge in [0, 0.05) is 10.2 Å². The lowest BCUT2D eigenvalue weighted by molar-refractivity contribution is -0.247. The van der Waals surface area contributed by atoms with Crippen LogP contribution >= 0.6 is 15.9 Å². The zero-order valence-electron chi connectivity index (χ0n) is 9.50. The Bertz CT molecular complexity index is 358. The first kappa shape index (κ1) is 11.9. The molecule has 0 spiro atoms. The topological polar surface area (TPSA) is 30.5 Å². The van der Waals surface area contributed by atoms with Crippen LogP contribution in [0.25, 0.3) is 0 Å². The van der Waals surface area contributed by atoms with Crippen molar-refractivity contribution in [2.45, 2.75) is 25.7 Å². The molecule has 0 aromatic heterocycles. The minimum Gasteiger partial charge on any atom is -0.378 e. The molecule has 1 aliphatic rings. The standard InChI is InChI=1S/C12H16BrNO2/c1-12(2)15-7-11(8-16-12)14-10-5-3-4-9(13)6-10/h3-6,11,14H,7-8H2,1-2H3. The number of benzene rings is 1. The predicted molar refractivity (Wildman–Crippen MR) is 67.5 cm³/mol. The lowest BCUT2D eigenvalue weighted by Gasteiger charge is -2.35. The molecule has 0 radical (unpaired) electrons. The van der Waals surface area contributed by atoms with Gasteiger partial charge in [-0.2, -0.15) is 0 Å². The predicted octanol–water partition coefficient (Wildman–Crippen LogP) is 3.01. The van der Waals surface area contributed by atoms with Crippen molar-refractivity contribution < 1.29 is 9.47 Å². The molecule has 2 rings (SSSR count). The Balaban J connectivity index is 1.92. The fraction of sp³-hybridized carbons (Fsp3) is 0.500. The largest absolute Gasteiger partial charge is 0.378 e. The molecular weight excluding hydrogens is 270 g/mol. The summed E-state index contributed by atoms with van der Waals surface area (Å²) in [4.78, 5) is 0. The smallest absolute Gasteiger partial charge is 0.162 e. The number of hydrogen-bond acceptors (Lipinski definition) is 3. The number of nitrogens with one attached hydrogen (secondary N) is 1. The maximum Gasteiger partial charge on any atom is 0.162 e.